The van der Waals surface area contributed by atoms with E-state index in [0.717, 1.165) is 25.7 Å². The van der Waals surface area contributed by atoms with Crippen LogP contribution in [0, 0.1) is 17.8 Å². The lowest BCUT2D eigenvalue weighted by Crippen LogP contribution is -2.57. The van der Waals surface area contributed by atoms with E-state index in [9.17, 15) is 38.7 Å². The minimum atomic E-state index is -1.04. The molecule has 58 heavy (non-hydrogen) atoms. The fourth-order valence-electron chi connectivity index (χ4n) is 8.73. The molecular formula is C42H66N8O8. The molecule has 3 saturated carbocycles. The molecule has 1 aromatic rings. The van der Waals surface area contributed by atoms with E-state index in [-0.39, 0.29) is 35.9 Å². The number of amides is 7. The molecule has 16 nitrogen and oxygen atoms in total. The highest BCUT2D eigenvalue weighted by Gasteiger charge is 2.40. The summed E-state index contributed by atoms with van der Waals surface area (Å²) in [6, 6.07) is 2.24. The number of aromatic hydroxyl groups is 1. The number of nitrogens with two attached hydrogens (primary N) is 2. The number of benzene rings is 1. The number of primary amides is 1. The van der Waals surface area contributed by atoms with Gasteiger partial charge in [-0.15, -0.1) is 0 Å². The molecule has 322 valence electrons. The molecule has 4 rings (SSSR count). The maximum absolute atomic E-state index is 14.0. The second-order valence-corrected chi connectivity index (χ2v) is 16.4. The molecule has 7 amide bonds. The van der Waals surface area contributed by atoms with Crippen LogP contribution in [0.3, 0.4) is 0 Å². The fraction of sp³-hybridized carbons (Fsp3) is 0.690. The average Bonchev–Trinajstić information content (AvgIpc) is 3.96. The number of rotatable bonds is 22. The van der Waals surface area contributed by atoms with Gasteiger partial charge in [-0.25, -0.2) is 0 Å². The molecule has 0 saturated heterocycles. The van der Waals surface area contributed by atoms with Crippen molar-refractivity contribution in [2.75, 3.05) is 6.54 Å². The van der Waals surface area contributed by atoms with Crippen molar-refractivity contribution in [1.29, 1.82) is 0 Å². The van der Waals surface area contributed by atoms with Crippen LogP contribution in [0.5, 0.6) is 5.75 Å². The number of hydrogen-bond donors (Lipinski definition) is 9. The Hall–Kier alpha value is -4.73. The van der Waals surface area contributed by atoms with Crippen LogP contribution in [0.15, 0.2) is 24.3 Å². The predicted octanol–water partition coefficient (Wildman–Crippen LogP) is 1.46. The first kappa shape index (κ1) is 46.0. The summed E-state index contributed by atoms with van der Waals surface area (Å²) >= 11 is 0. The van der Waals surface area contributed by atoms with Crippen molar-refractivity contribution in [3.8, 4) is 5.75 Å². The van der Waals surface area contributed by atoms with Crippen LogP contribution in [-0.2, 0) is 40.0 Å². The van der Waals surface area contributed by atoms with Crippen molar-refractivity contribution in [3.05, 3.63) is 29.8 Å². The van der Waals surface area contributed by atoms with Crippen LogP contribution in [0.1, 0.15) is 122 Å². The standard InChI is InChI=1S/C42H66N8O8/c1-3-4-5-14-34(37(44)53)48-38(54)29-12-9-18-33(29)47-42(58)36(24-26-19-21-27(52)22-20-26)50-40(56)30-13-10-17-32(30)46-41(57)35(15-6-7-23-43)49-39(55)28-11-8-16-31(28)45-25(2)51/h19-22,28-36,52H,3-18,23-24,43H2,1-2H3,(H2,44,53)(H,45,51)(H,46,57)(H,47,58)(H,48,54)(H,49,55)(H,50,56)/t28?,29?,30?,31?,32?,33?,34-,35-,36-/m0/s1. The average molecular weight is 811 g/mol. The lowest BCUT2D eigenvalue weighted by Gasteiger charge is -2.28. The van der Waals surface area contributed by atoms with E-state index in [1.54, 1.807) is 12.1 Å². The second kappa shape index (κ2) is 23.0. The van der Waals surface area contributed by atoms with E-state index in [1.807, 2.05) is 6.92 Å². The smallest absolute Gasteiger partial charge is 0.243 e. The lowest BCUT2D eigenvalue weighted by atomic mass is 9.97. The van der Waals surface area contributed by atoms with Crippen molar-refractivity contribution in [3.63, 3.8) is 0 Å². The van der Waals surface area contributed by atoms with E-state index in [2.05, 4.69) is 31.9 Å². The Morgan fingerprint density at radius 3 is 1.57 bits per heavy atom. The summed E-state index contributed by atoms with van der Waals surface area (Å²) in [4.78, 5) is 92.6. The van der Waals surface area contributed by atoms with Gasteiger partial charge in [-0.1, -0.05) is 57.6 Å². The van der Waals surface area contributed by atoms with Gasteiger partial charge in [0.2, 0.25) is 41.4 Å². The van der Waals surface area contributed by atoms with E-state index in [1.165, 1.54) is 19.1 Å². The third-order valence-electron chi connectivity index (χ3n) is 11.9. The van der Waals surface area contributed by atoms with Gasteiger partial charge in [0.1, 0.15) is 23.9 Å². The maximum Gasteiger partial charge on any atom is 0.243 e. The van der Waals surface area contributed by atoms with Gasteiger partial charge in [0.05, 0.1) is 17.8 Å². The Bertz CT molecular complexity index is 1570. The van der Waals surface area contributed by atoms with Crippen molar-refractivity contribution < 1.29 is 38.7 Å². The van der Waals surface area contributed by atoms with E-state index >= 15 is 0 Å². The fourth-order valence-corrected chi connectivity index (χ4v) is 8.73. The van der Waals surface area contributed by atoms with Gasteiger partial charge in [0, 0.05) is 31.5 Å². The minimum absolute atomic E-state index is 0.0513. The van der Waals surface area contributed by atoms with Crippen molar-refractivity contribution in [1.82, 2.24) is 31.9 Å². The Labute approximate surface area is 341 Å². The largest absolute Gasteiger partial charge is 0.508 e. The van der Waals surface area contributed by atoms with Gasteiger partial charge < -0.3 is 48.5 Å². The van der Waals surface area contributed by atoms with Crippen molar-refractivity contribution >= 4 is 41.4 Å². The summed E-state index contributed by atoms with van der Waals surface area (Å²) in [7, 11) is 0. The minimum Gasteiger partial charge on any atom is -0.508 e. The molecule has 0 bridgehead atoms. The Balaban J connectivity index is 1.44. The molecule has 0 spiro atoms. The molecule has 6 unspecified atom stereocenters. The van der Waals surface area contributed by atoms with Crippen LogP contribution >= 0.6 is 0 Å². The lowest BCUT2D eigenvalue weighted by molar-refractivity contribution is -0.134. The number of phenolic OH excluding ortho intramolecular Hbond substituents is 1. The highest BCUT2D eigenvalue weighted by molar-refractivity contribution is 5.92. The van der Waals surface area contributed by atoms with Gasteiger partial charge in [-0.2, -0.15) is 0 Å². The molecule has 11 N–H and O–H groups in total. The van der Waals surface area contributed by atoms with E-state index < -0.39 is 71.6 Å². The summed E-state index contributed by atoms with van der Waals surface area (Å²) in [5, 5.41) is 27.4. The molecule has 0 aliphatic heterocycles. The number of unbranched alkanes of at least 4 members (excludes halogenated alkanes) is 3. The molecule has 3 aliphatic carbocycles. The number of carbonyl (C=O) groups is 7. The molecule has 3 fully saturated rings. The van der Waals surface area contributed by atoms with Crippen LogP contribution in [0.25, 0.3) is 0 Å². The monoisotopic (exact) mass is 811 g/mol. The van der Waals surface area contributed by atoms with E-state index in [4.69, 9.17) is 11.5 Å². The van der Waals surface area contributed by atoms with Gasteiger partial charge in [0.25, 0.3) is 0 Å². The Morgan fingerprint density at radius 1 is 0.638 bits per heavy atom. The summed E-state index contributed by atoms with van der Waals surface area (Å²) in [6.45, 7) is 3.89. The summed E-state index contributed by atoms with van der Waals surface area (Å²) < 4.78 is 0. The predicted molar refractivity (Wildman–Crippen MR) is 217 cm³/mol. The molecule has 0 aromatic heterocycles. The maximum atomic E-state index is 14.0. The summed E-state index contributed by atoms with van der Waals surface area (Å²) in [6.07, 6.45) is 10.2. The number of hydrogen-bond acceptors (Lipinski definition) is 9. The SMILES string of the molecule is CCCCC[C@H](NC(=O)C1CCCC1NC(=O)[C@H](Cc1ccc(O)cc1)NC(=O)C1CCCC1NC(=O)[C@H](CCCCN)NC(=O)C1CCCC1NC(C)=O)C(N)=O. The summed E-state index contributed by atoms with van der Waals surface area (Å²) in [5.41, 5.74) is 12.0. The van der Waals surface area contributed by atoms with Crippen LogP contribution in [0.4, 0.5) is 0 Å². The highest BCUT2D eigenvalue weighted by Crippen LogP contribution is 2.29. The van der Waals surface area contributed by atoms with Crippen LogP contribution in [0.2, 0.25) is 0 Å². The zero-order valence-electron chi connectivity index (χ0n) is 34.2. The van der Waals surface area contributed by atoms with Gasteiger partial charge in [0.15, 0.2) is 0 Å². The molecule has 9 atom stereocenters. The topological polar surface area (TPSA) is 264 Å². The van der Waals surface area contributed by atoms with E-state index in [0.29, 0.717) is 89.2 Å². The Morgan fingerprint density at radius 2 is 1.09 bits per heavy atom. The highest BCUT2D eigenvalue weighted by atomic mass is 16.3. The first-order valence-electron chi connectivity index (χ1n) is 21.4. The molecule has 0 heterocycles. The third kappa shape index (κ3) is 13.7. The number of nitrogens with one attached hydrogen (secondary N) is 6. The molecule has 1 aromatic carbocycles. The first-order chi connectivity index (χ1) is 27.8. The normalized spacial score (nSPS) is 24.2. The number of carbonyl (C=O) groups excluding carboxylic acids is 7. The molecule has 3 aliphatic rings. The molecule has 0 radical (unpaired) electrons. The zero-order chi connectivity index (χ0) is 42.2. The molecular weight excluding hydrogens is 745 g/mol. The van der Waals surface area contributed by atoms with Gasteiger partial charge in [-0.3, -0.25) is 33.6 Å². The van der Waals surface area contributed by atoms with Gasteiger partial charge in [-0.05, 0) is 88.4 Å². The molecule has 16 heteroatoms. The first-order valence-corrected chi connectivity index (χ1v) is 21.4. The third-order valence-corrected chi connectivity index (χ3v) is 11.9. The van der Waals surface area contributed by atoms with Crippen LogP contribution in [-0.4, -0.2) is 89.3 Å². The zero-order valence-corrected chi connectivity index (χ0v) is 34.2. The number of phenols is 1. The van der Waals surface area contributed by atoms with Crippen LogP contribution < -0.4 is 43.4 Å². The quantitative estimate of drug-likeness (QED) is 0.0767. The second-order valence-electron chi connectivity index (χ2n) is 16.4. The summed E-state index contributed by atoms with van der Waals surface area (Å²) in [5.74, 6) is -4.39. The van der Waals surface area contributed by atoms with Gasteiger partial charge >= 0.3 is 0 Å². The Kier molecular flexibility index (Phi) is 18.2. The van der Waals surface area contributed by atoms with Crippen molar-refractivity contribution in [2.45, 2.75) is 159 Å². The van der Waals surface area contributed by atoms with Crippen molar-refractivity contribution in [2.24, 2.45) is 29.2 Å².